The van der Waals surface area contributed by atoms with Gasteiger partial charge in [0.25, 0.3) is 0 Å². The van der Waals surface area contributed by atoms with Crippen LogP contribution in [0.25, 0.3) is 0 Å². The highest BCUT2D eigenvalue weighted by molar-refractivity contribution is 14.1. The van der Waals surface area contributed by atoms with E-state index in [-0.39, 0.29) is 12.4 Å². The highest BCUT2D eigenvalue weighted by Gasteiger charge is 2.27. The van der Waals surface area contributed by atoms with Crippen molar-refractivity contribution >= 4 is 34.3 Å². The van der Waals surface area contributed by atoms with Gasteiger partial charge < -0.3 is 14.2 Å². The molecule has 0 bridgehead atoms. The Labute approximate surface area is 144 Å². The molecular weight excluding hydrogens is 399 g/mol. The Morgan fingerprint density at radius 2 is 1.86 bits per heavy atom. The molecule has 5 nitrogen and oxygen atoms in total. The van der Waals surface area contributed by atoms with E-state index in [9.17, 15) is 9.59 Å². The number of ketones is 1. The molecule has 0 fully saturated rings. The zero-order valence-corrected chi connectivity index (χ0v) is 15.4. The van der Waals surface area contributed by atoms with E-state index in [1.165, 1.54) is 0 Å². The van der Waals surface area contributed by atoms with E-state index in [0.717, 1.165) is 9.13 Å². The summed E-state index contributed by atoms with van der Waals surface area (Å²) >= 11 is 2.14. The molecule has 0 N–H and O–H groups in total. The van der Waals surface area contributed by atoms with Crippen molar-refractivity contribution in [1.82, 2.24) is 0 Å². The Kier molecular flexibility index (Phi) is 7.64. The van der Waals surface area contributed by atoms with Crippen LogP contribution in [-0.2, 0) is 20.7 Å². The highest BCUT2D eigenvalue weighted by atomic mass is 127. The van der Waals surface area contributed by atoms with Crippen LogP contribution in [0.4, 0.5) is 0 Å². The minimum Gasteiger partial charge on any atom is -0.493 e. The van der Waals surface area contributed by atoms with Crippen LogP contribution in [0, 0.1) is 9.49 Å². The molecule has 1 aromatic carbocycles. The fraction of sp³-hybridized carbons (Fsp3) is 0.500. The van der Waals surface area contributed by atoms with Gasteiger partial charge in [0.1, 0.15) is 11.7 Å². The molecule has 0 aromatic heterocycles. The standard InChI is InChI=1S/C16H21IO5/c1-5-13(18)11(16(19)22-6-2)7-10-8-12(17)15(21-4)14(9-10)20-3/h8-9,11H,5-7H2,1-4H3. The molecule has 6 heteroatoms. The molecule has 0 spiro atoms. The number of rotatable bonds is 8. The van der Waals surface area contributed by atoms with Crippen molar-refractivity contribution in [3.63, 3.8) is 0 Å². The second kappa shape index (κ2) is 8.97. The number of benzene rings is 1. The lowest BCUT2D eigenvalue weighted by Gasteiger charge is -2.16. The van der Waals surface area contributed by atoms with E-state index in [1.54, 1.807) is 34.1 Å². The van der Waals surface area contributed by atoms with Crippen LogP contribution in [-0.4, -0.2) is 32.6 Å². The van der Waals surface area contributed by atoms with Crippen molar-refractivity contribution in [1.29, 1.82) is 0 Å². The third-order valence-corrected chi connectivity index (χ3v) is 4.04. The van der Waals surface area contributed by atoms with Gasteiger partial charge in [-0.25, -0.2) is 0 Å². The van der Waals surface area contributed by atoms with E-state index in [4.69, 9.17) is 14.2 Å². The Morgan fingerprint density at radius 3 is 2.36 bits per heavy atom. The van der Waals surface area contributed by atoms with E-state index >= 15 is 0 Å². The minimum absolute atomic E-state index is 0.122. The van der Waals surface area contributed by atoms with Gasteiger partial charge in [-0.2, -0.15) is 0 Å². The average Bonchev–Trinajstić information content (AvgIpc) is 2.51. The van der Waals surface area contributed by atoms with Crippen LogP contribution in [0.3, 0.4) is 0 Å². The number of Topliss-reactive ketones (excluding diaryl/α,β-unsaturated/α-hetero) is 1. The molecule has 1 atom stereocenters. The van der Waals surface area contributed by atoms with Crippen LogP contribution >= 0.6 is 22.6 Å². The Balaban J connectivity index is 3.10. The summed E-state index contributed by atoms with van der Waals surface area (Å²) in [6.45, 7) is 3.73. The monoisotopic (exact) mass is 420 g/mol. The number of hydrogen-bond donors (Lipinski definition) is 0. The number of carbonyl (C=O) groups excluding carboxylic acids is 2. The van der Waals surface area contributed by atoms with Gasteiger partial charge in [0, 0.05) is 6.42 Å². The third-order valence-electron chi connectivity index (χ3n) is 3.24. The Hall–Kier alpha value is -1.31. The van der Waals surface area contributed by atoms with Crippen LogP contribution in [0.15, 0.2) is 12.1 Å². The van der Waals surface area contributed by atoms with Crippen molar-refractivity contribution in [2.45, 2.75) is 26.7 Å². The van der Waals surface area contributed by atoms with Crippen LogP contribution in [0.5, 0.6) is 11.5 Å². The molecule has 0 aliphatic heterocycles. The van der Waals surface area contributed by atoms with Crippen LogP contribution in [0.2, 0.25) is 0 Å². The van der Waals surface area contributed by atoms with E-state index < -0.39 is 11.9 Å². The smallest absolute Gasteiger partial charge is 0.316 e. The van der Waals surface area contributed by atoms with Gasteiger partial charge in [0.05, 0.1) is 24.4 Å². The van der Waals surface area contributed by atoms with Gasteiger partial charge in [-0.15, -0.1) is 0 Å². The molecule has 0 radical (unpaired) electrons. The first kappa shape index (κ1) is 18.7. The highest BCUT2D eigenvalue weighted by Crippen LogP contribution is 2.34. The number of esters is 1. The largest absolute Gasteiger partial charge is 0.493 e. The molecule has 1 unspecified atom stereocenters. The van der Waals surface area contributed by atoms with Crippen molar-refractivity contribution in [3.8, 4) is 11.5 Å². The lowest BCUT2D eigenvalue weighted by Crippen LogP contribution is -2.27. The first-order valence-electron chi connectivity index (χ1n) is 7.08. The summed E-state index contributed by atoms with van der Waals surface area (Å²) in [5.41, 5.74) is 0.835. The van der Waals surface area contributed by atoms with Crippen LogP contribution < -0.4 is 9.47 Å². The maximum absolute atomic E-state index is 12.0. The summed E-state index contributed by atoms with van der Waals surface area (Å²) < 4.78 is 16.5. The molecule has 22 heavy (non-hydrogen) atoms. The van der Waals surface area contributed by atoms with Crippen molar-refractivity contribution < 1.29 is 23.8 Å². The topological polar surface area (TPSA) is 61.8 Å². The van der Waals surface area contributed by atoms with Gasteiger partial charge in [0.2, 0.25) is 0 Å². The Morgan fingerprint density at radius 1 is 1.18 bits per heavy atom. The first-order chi connectivity index (χ1) is 10.5. The van der Waals surface area contributed by atoms with E-state index in [0.29, 0.717) is 24.3 Å². The molecule has 0 amide bonds. The lowest BCUT2D eigenvalue weighted by atomic mass is 9.93. The SMILES string of the molecule is CCOC(=O)C(Cc1cc(I)c(OC)c(OC)c1)C(=O)CC. The van der Waals surface area contributed by atoms with Crippen molar-refractivity contribution in [2.24, 2.45) is 5.92 Å². The van der Waals surface area contributed by atoms with Gasteiger partial charge >= 0.3 is 5.97 Å². The molecule has 0 aliphatic carbocycles. The number of carbonyl (C=O) groups is 2. The molecule has 1 rings (SSSR count). The maximum Gasteiger partial charge on any atom is 0.316 e. The number of halogens is 1. The van der Waals surface area contributed by atoms with E-state index in [1.807, 2.05) is 6.07 Å². The Bertz CT molecular complexity index is 542. The zero-order valence-electron chi connectivity index (χ0n) is 13.3. The average molecular weight is 420 g/mol. The molecule has 1 aromatic rings. The number of methoxy groups -OCH3 is 2. The molecule has 122 valence electrons. The van der Waals surface area contributed by atoms with Crippen molar-refractivity contribution in [2.75, 3.05) is 20.8 Å². The molecular formula is C16H21IO5. The van der Waals surface area contributed by atoms with Crippen molar-refractivity contribution in [3.05, 3.63) is 21.3 Å². The third kappa shape index (κ3) is 4.59. The van der Waals surface area contributed by atoms with E-state index in [2.05, 4.69) is 22.6 Å². The van der Waals surface area contributed by atoms with Gasteiger partial charge in [-0.3, -0.25) is 9.59 Å². The summed E-state index contributed by atoms with van der Waals surface area (Å²) in [5, 5.41) is 0. The van der Waals surface area contributed by atoms with Gasteiger partial charge in [0.15, 0.2) is 11.5 Å². The predicted molar refractivity (Wildman–Crippen MR) is 91.4 cm³/mol. The maximum atomic E-state index is 12.0. The second-order valence-corrected chi connectivity index (χ2v) is 5.80. The normalized spacial score (nSPS) is 11.7. The summed E-state index contributed by atoms with van der Waals surface area (Å²) in [7, 11) is 3.12. The minimum atomic E-state index is -0.779. The summed E-state index contributed by atoms with van der Waals surface area (Å²) in [4.78, 5) is 24.0. The molecule has 0 heterocycles. The first-order valence-corrected chi connectivity index (χ1v) is 8.16. The van der Waals surface area contributed by atoms with Crippen LogP contribution in [0.1, 0.15) is 25.8 Å². The molecule has 0 saturated heterocycles. The molecule has 0 aliphatic rings. The fourth-order valence-corrected chi connectivity index (χ4v) is 3.03. The predicted octanol–water partition coefficient (Wildman–Crippen LogP) is 3.01. The van der Waals surface area contributed by atoms with Gasteiger partial charge in [-0.05, 0) is 53.6 Å². The number of ether oxygens (including phenoxy) is 3. The zero-order chi connectivity index (χ0) is 16.7. The summed E-state index contributed by atoms with van der Waals surface area (Å²) in [6, 6.07) is 3.67. The molecule has 0 saturated carbocycles. The fourth-order valence-electron chi connectivity index (χ4n) is 2.14. The second-order valence-electron chi connectivity index (χ2n) is 4.64. The van der Waals surface area contributed by atoms with Gasteiger partial charge in [-0.1, -0.05) is 6.92 Å². The quantitative estimate of drug-likeness (QED) is 0.368. The summed E-state index contributed by atoms with van der Waals surface area (Å²) in [5.74, 6) is -0.154. The number of hydrogen-bond acceptors (Lipinski definition) is 5. The lowest BCUT2D eigenvalue weighted by molar-refractivity contribution is -0.151. The summed E-state index contributed by atoms with van der Waals surface area (Å²) in [6.07, 6.45) is 0.593.